The van der Waals surface area contributed by atoms with Gasteiger partial charge in [0.05, 0.1) is 31.5 Å². The van der Waals surface area contributed by atoms with Crippen LogP contribution < -0.4 is 14.2 Å². The molecule has 0 aliphatic carbocycles. The number of hydrogen-bond acceptors (Lipinski definition) is 12. The van der Waals surface area contributed by atoms with Crippen molar-refractivity contribution in [3.05, 3.63) is 36.4 Å². The topological polar surface area (TPSA) is 166 Å². The van der Waals surface area contributed by atoms with Crippen LogP contribution in [0.25, 0.3) is 22.8 Å². The second kappa shape index (κ2) is 22.2. The van der Waals surface area contributed by atoms with Gasteiger partial charge in [0.1, 0.15) is 48.4 Å². The standard InChI is InChI=1S/C38H57N3O9/c1-6-10-12-26(8-3)20-47-22-28(42)24-49-30-14-16-32(34(44)18-30)36-39-37(41-38(40-36)46-5)33-17-15-31(19-35(33)45)50-25-29(43)23-48-21-27(9-4)13-11-7-2/h14-19,26-29,42-45H,6-13,20-25H2,1-5H3. The van der Waals surface area contributed by atoms with Crippen LogP contribution in [0.5, 0.6) is 29.0 Å². The smallest absolute Gasteiger partial charge is 0.320 e. The summed E-state index contributed by atoms with van der Waals surface area (Å²) in [6.45, 7) is 10.2. The average Bonchev–Trinajstić information content (AvgIpc) is 3.12. The van der Waals surface area contributed by atoms with Gasteiger partial charge >= 0.3 is 6.01 Å². The molecule has 278 valence electrons. The van der Waals surface area contributed by atoms with Gasteiger partial charge in [-0.15, -0.1) is 0 Å². The van der Waals surface area contributed by atoms with Crippen molar-refractivity contribution in [2.75, 3.05) is 46.8 Å². The number of aliphatic hydroxyl groups is 2. The summed E-state index contributed by atoms with van der Waals surface area (Å²) in [5, 5.41) is 42.4. The van der Waals surface area contributed by atoms with Crippen LogP contribution in [0.15, 0.2) is 36.4 Å². The van der Waals surface area contributed by atoms with E-state index in [9.17, 15) is 20.4 Å². The third-order valence-corrected chi connectivity index (χ3v) is 8.52. The molecule has 0 aliphatic heterocycles. The van der Waals surface area contributed by atoms with Crippen molar-refractivity contribution in [1.29, 1.82) is 0 Å². The largest absolute Gasteiger partial charge is 0.507 e. The molecule has 1 aromatic heterocycles. The number of phenolic OH excluding ortho intramolecular Hbond substituents is 2. The molecular formula is C38H57N3O9. The van der Waals surface area contributed by atoms with Crippen LogP contribution in [-0.4, -0.2) is 94.3 Å². The molecule has 50 heavy (non-hydrogen) atoms. The summed E-state index contributed by atoms with van der Waals surface area (Å²) in [7, 11) is 1.40. The van der Waals surface area contributed by atoms with Crippen molar-refractivity contribution >= 4 is 0 Å². The molecule has 0 radical (unpaired) electrons. The molecule has 3 aromatic rings. The lowest BCUT2D eigenvalue weighted by atomic mass is 10.0. The molecule has 0 amide bonds. The highest BCUT2D eigenvalue weighted by Crippen LogP contribution is 2.35. The van der Waals surface area contributed by atoms with Gasteiger partial charge in [-0.05, 0) is 48.9 Å². The van der Waals surface area contributed by atoms with Gasteiger partial charge in [-0.2, -0.15) is 9.97 Å². The van der Waals surface area contributed by atoms with Crippen molar-refractivity contribution in [3.8, 4) is 51.8 Å². The number of rotatable bonds is 25. The molecule has 1 heterocycles. The van der Waals surface area contributed by atoms with E-state index in [0.717, 1.165) is 38.5 Å². The Balaban J connectivity index is 1.59. The van der Waals surface area contributed by atoms with Gasteiger partial charge in [0.15, 0.2) is 11.6 Å². The molecule has 0 bridgehead atoms. The first kappa shape index (κ1) is 40.7. The molecule has 2 aromatic carbocycles. The molecule has 3 rings (SSSR count). The number of nitrogens with zero attached hydrogens (tertiary/aromatic N) is 3. The minimum atomic E-state index is -0.821. The SMILES string of the molecule is CCCCC(CC)COCC(O)COc1ccc(-c2nc(OC)nc(-c3ccc(OCC(O)COCC(CC)CCCC)cc3O)n2)c(O)c1. The summed E-state index contributed by atoms with van der Waals surface area (Å²) in [5.74, 6) is 1.57. The Labute approximate surface area is 296 Å². The zero-order chi connectivity index (χ0) is 36.3. The number of aromatic hydroxyl groups is 2. The quantitative estimate of drug-likeness (QED) is 0.0753. The average molecular weight is 700 g/mol. The van der Waals surface area contributed by atoms with Crippen LogP contribution in [0.2, 0.25) is 0 Å². The van der Waals surface area contributed by atoms with Crippen molar-refractivity contribution in [2.24, 2.45) is 11.8 Å². The van der Waals surface area contributed by atoms with Crippen molar-refractivity contribution in [1.82, 2.24) is 15.0 Å². The number of ether oxygens (including phenoxy) is 5. The van der Waals surface area contributed by atoms with E-state index in [1.165, 1.54) is 32.1 Å². The number of aliphatic hydroxyl groups excluding tert-OH is 2. The molecule has 0 fully saturated rings. The van der Waals surface area contributed by atoms with Crippen molar-refractivity contribution in [3.63, 3.8) is 0 Å². The minimum absolute atomic E-state index is 0.00149. The maximum atomic E-state index is 10.9. The number of methoxy groups -OCH3 is 1. The fourth-order valence-corrected chi connectivity index (χ4v) is 5.29. The lowest BCUT2D eigenvalue weighted by molar-refractivity contribution is -0.00112. The summed E-state index contributed by atoms with van der Waals surface area (Å²) in [6.07, 6.45) is 7.29. The van der Waals surface area contributed by atoms with Crippen molar-refractivity contribution < 1.29 is 44.1 Å². The zero-order valence-electron chi connectivity index (χ0n) is 30.3. The molecule has 0 saturated carbocycles. The Hall–Kier alpha value is -3.71. The molecule has 0 spiro atoms. The van der Waals surface area contributed by atoms with Gasteiger partial charge in [0.2, 0.25) is 0 Å². The number of unbranched alkanes of at least 4 members (excludes halogenated alkanes) is 2. The summed E-state index contributed by atoms with van der Waals surface area (Å²) in [5.41, 5.74) is 0.569. The summed E-state index contributed by atoms with van der Waals surface area (Å²) in [6, 6.07) is 9.25. The van der Waals surface area contributed by atoms with E-state index < -0.39 is 12.2 Å². The first-order valence-electron chi connectivity index (χ1n) is 17.9. The summed E-state index contributed by atoms with van der Waals surface area (Å²) < 4.78 is 28.1. The van der Waals surface area contributed by atoms with Crippen LogP contribution in [0.1, 0.15) is 79.1 Å². The third-order valence-electron chi connectivity index (χ3n) is 8.52. The maximum Gasteiger partial charge on any atom is 0.320 e. The molecule has 0 saturated heterocycles. The fourth-order valence-electron chi connectivity index (χ4n) is 5.29. The van der Waals surface area contributed by atoms with E-state index in [0.29, 0.717) is 36.5 Å². The predicted molar refractivity (Wildman–Crippen MR) is 192 cm³/mol. The van der Waals surface area contributed by atoms with E-state index in [1.54, 1.807) is 24.3 Å². The number of phenols is 2. The lowest BCUT2D eigenvalue weighted by Gasteiger charge is -2.17. The second-order valence-electron chi connectivity index (χ2n) is 12.7. The van der Waals surface area contributed by atoms with Crippen LogP contribution in [0, 0.1) is 11.8 Å². The van der Waals surface area contributed by atoms with Crippen LogP contribution >= 0.6 is 0 Å². The van der Waals surface area contributed by atoms with Crippen LogP contribution in [-0.2, 0) is 9.47 Å². The Morgan fingerprint density at radius 3 is 1.40 bits per heavy atom. The molecule has 4 atom stereocenters. The van der Waals surface area contributed by atoms with Gasteiger partial charge < -0.3 is 44.1 Å². The molecule has 4 N–H and O–H groups in total. The number of benzene rings is 2. The van der Waals surface area contributed by atoms with Gasteiger partial charge in [-0.1, -0.05) is 66.2 Å². The predicted octanol–water partition coefficient (Wildman–Crippen LogP) is 6.57. The lowest BCUT2D eigenvalue weighted by Crippen LogP contribution is -2.25. The van der Waals surface area contributed by atoms with E-state index in [4.69, 9.17) is 23.7 Å². The Morgan fingerprint density at radius 2 is 1.04 bits per heavy atom. The molecule has 12 nitrogen and oxygen atoms in total. The zero-order valence-corrected chi connectivity index (χ0v) is 30.3. The second-order valence-corrected chi connectivity index (χ2v) is 12.7. The Bertz CT molecular complexity index is 1310. The van der Waals surface area contributed by atoms with E-state index in [-0.39, 0.29) is 66.7 Å². The van der Waals surface area contributed by atoms with Crippen LogP contribution in [0.4, 0.5) is 0 Å². The maximum absolute atomic E-state index is 10.9. The Kier molecular flexibility index (Phi) is 18.1. The van der Waals surface area contributed by atoms with Gasteiger partial charge in [0.25, 0.3) is 0 Å². The van der Waals surface area contributed by atoms with E-state index in [1.807, 2.05) is 0 Å². The van der Waals surface area contributed by atoms with E-state index >= 15 is 0 Å². The molecule has 12 heteroatoms. The van der Waals surface area contributed by atoms with Gasteiger partial charge in [-0.25, -0.2) is 4.98 Å². The van der Waals surface area contributed by atoms with Crippen LogP contribution in [0.3, 0.4) is 0 Å². The van der Waals surface area contributed by atoms with Gasteiger partial charge in [0, 0.05) is 25.3 Å². The van der Waals surface area contributed by atoms with Crippen molar-refractivity contribution in [2.45, 2.75) is 91.3 Å². The monoisotopic (exact) mass is 699 g/mol. The fraction of sp³-hybridized carbons (Fsp3) is 0.605. The minimum Gasteiger partial charge on any atom is -0.507 e. The third kappa shape index (κ3) is 13.5. The molecule has 0 aliphatic rings. The number of hydrogen-bond donors (Lipinski definition) is 4. The molecular weight excluding hydrogens is 642 g/mol. The normalized spacial score (nSPS) is 13.8. The summed E-state index contributed by atoms with van der Waals surface area (Å²) in [4.78, 5) is 13.1. The van der Waals surface area contributed by atoms with E-state index in [2.05, 4.69) is 42.6 Å². The summed E-state index contributed by atoms with van der Waals surface area (Å²) >= 11 is 0. The highest BCUT2D eigenvalue weighted by atomic mass is 16.5. The first-order valence-corrected chi connectivity index (χ1v) is 17.9. The number of aromatic nitrogens is 3. The van der Waals surface area contributed by atoms with Gasteiger partial charge in [-0.3, -0.25) is 0 Å². The highest BCUT2D eigenvalue weighted by Gasteiger charge is 2.18. The Morgan fingerprint density at radius 1 is 0.600 bits per heavy atom. The highest BCUT2D eigenvalue weighted by molar-refractivity contribution is 5.70. The first-order chi connectivity index (χ1) is 24.2. The molecule has 4 unspecified atom stereocenters.